The zero-order chi connectivity index (χ0) is 13.1. The fourth-order valence-electron chi connectivity index (χ4n) is 1.52. The lowest BCUT2D eigenvalue weighted by atomic mass is 9.97. The topological polar surface area (TPSA) is 37.3 Å². The molecule has 5 heteroatoms. The second-order valence-electron chi connectivity index (χ2n) is 3.61. The monoisotopic (exact) mass is 244 g/mol. The van der Waals surface area contributed by atoms with Crippen LogP contribution >= 0.6 is 0 Å². The minimum atomic E-state index is -4.43. The van der Waals surface area contributed by atoms with Crippen molar-refractivity contribution in [1.82, 2.24) is 0 Å². The van der Waals surface area contributed by atoms with Crippen molar-refractivity contribution in [2.45, 2.75) is 19.5 Å². The summed E-state index contributed by atoms with van der Waals surface area (Å²) in [5, 5.41) is 8.59. The molecule has 0 atom stereocenters. The molecule has 1 N–H and O–H groups in total. The van der Waals surface area contributed by atoms with Crippen LogP contribution in [0.2, 0.25) is 0 Å². The van der Waals surface area contributed by atoms with Crippen molar-refractivity contribution in [2.75, 3.05) is 0 Å². The molecule has 0 amide bonds. The number of benzene rings is 1. The van der Waals surface area contributed by atoms with E-state index in [0.29, 0.717) is 17.2 Å². The van der Waals surface area contributed by atoms with Gasteiger partial charge in [0.1, 0.15) is 0 Å². The minimum Gasteiger partial charge on any atom is -0.478 e. The van der Waals surface area contributed by atoms with Crippen molar-refractivity contribution >= 4 is 11.5 Å². The molecule has 0 saturated carbocycles. The van der Waals surface area contributed by atoms with Crippen molar-refractivity contribution in [3.05, 3.63) is 41.5 Å². The lowest BCUT2D eigenvalue weighted by Gasteiger charge is -2.12. The molecule has 0 radical (unpaired) electrons. The van der Waals surface area contributed by atoms with Crippen LogP contribution in [-0.2, 0) is 4.79 Å². The SMILES string of the molecule is Cc1ccccc1/C(=C/C(=O)O)CC(F)(F)F. The molecule has 2 nitrogen and oxygen atoms in total. The van der Waals surface area contributed by atoms with Crippen LogP contribution in [0.5, 0.6) is 0 Å². The quantitative estimate of drug-likeness (QED) is 0.827. The Bertz CT molecular complexity index is 447. The highest BCUT2D eigenvalue weighted by molar-refractivity contribution is 5.90. The summed E-state index contributed by atoms with van der Waals surface area (Å²) in [7, 11) is 0. The van der Waals surface area contributed by atoms with E-state index in [0.717, 1.165) is 0 Å². The molecule has 17 heavy (non-hydrogen) atoms. The Morgan fingerprint density at radius 2 is 1.94 bits per heavy atom. The normalized spacial score (nSPS) is 12.6. The van der Waals surface area contributed by atoms with Gasteiger partial charge in [0, 0.05) is 6.08 Å². The number of allylic oxidation sites excluding steroid dienone is 1. The first-order chi connectivity index (χ1) is 7.79. The van der Waals surface area contributed by atoms with Gasteiger partial charge in [0.25, 0.3) is 0 Å². The van der Waals surface area contributed by atoms with Gasteiger partial charge in [0.05, 0.1) is 6.42 Å². The number of carbonyl (C=O) groups is 1. The number of halogens is 3. The Kier molecular flexibility index (Phi) is 3.93. The van der Waals surface area contributed by atoms with Crippen LogP contribution in [0.1, 0.15) is 17.5 Å². The predicted octanol–water partition coefficient (Wildman–Crippen LogP) is 3.42. The zero-order valence-electron chi connectivity index (χ0n) is 9.08. The van der Waals surface area contributed by atoms with Gasteiger partial charge in [-0.25, -0.2) is 4.79 Å². The van der Waals surface area contributed by atoms with Crippen LogP contribution in [0.3, 0.4) is 0 Å². The lowest BCUT2D eigenvalue weighted by Crippen LogP contribution is -2.09. The van der Waals surface area contributed by atoms with E-state index in [1.54, 1.807) is 25.1 Å². The van der Waals surface area contributed by atoms with Crippen molar-refractivity contribution in [2.24, 2.45) is 0 Å². The number of carboxylic acids is 1. The highest BCUT2D eigenvalue weighted by Gasteiger charge is 2.30. The Morgan fingerprint density at radius 1 is 1.35 bits per heavy atom. The fourth-order valence-corrected chi connectivity index (χ4v) is 1.52. The van der Waals surface area contributed by atoms with Crippen molar-refractivity contribution in [1.29, 1.82) is 0 Å². The molecule has 1 aromatic carbocycles. The number of aryl methyl sites for hydroxylation is 1. The first kappa shape index (κ1) is 13.3. The fraction of sp³-hybridized carbons (Fsp3) is 0.250. The van der Waals surface area contributed by atoms with E-state index in [9.17, 15) is 18.0 Å². The van der Waals surface area contributed by atoms with Gasteiger partial charge in [-0.2, -0.15) is 13.2 Å². The number of aliphatic carboxylic acids is 1. The van der Waals surface area contributed by atoms with E-state index in [1.807, 2.05) is 0 Å². The van der Waals surface area contributed by atoms with Crippen LogP contribution in [0.25, 0.3) is 5.57 Å². The van der Waals surface area contributed by atoms with Crippen molar-refractivity contribution in [3.63, 3.8) is 0 Å². The molecule has 92 valence electrons. The molecule has 0 aliphatic rings. The van der Waals surface area contributed by atoms with E-state index >= 15 is 0 Å². The van der Waals surface area contributed by atoms with Crippen LogP contribution in [0.4, 0.5) is 13.2 Å². The summed E-state index contributed by atoms with van der Waals surface area (Å²) in [6, 6.07) is 6.39. The summed E-state index contributed by atoms with van der Waals surface area (Å²) in [5.41, 5.74) is 0.694. The molecule has 0 heterocycles. The Balaban J connectivity index is 3.17. The summed E-state index contributed by atoms with van der Waals surface area (Å²) >= 11 is 0. The molecule has 0 aliphatic heterocycles. The maximum absolute atomic E-state index is 12.3. The van der Waals surface area contributed by atoms with Crippen LogP contribution < -0.4 is 0 Å². The highest BCUT2D eigenvalue weighted by Crippen LogP contribution is 2.31. The van der Waals surface area contributed by atoms with Crippen LogP contribution in [0.15, 0.2) is 30.3 Å². The van der Waals surface area contributed by atoms with Crippen molar-refractivity contribution in [3.8, 4) is 0 Å². The average molecular weight is 244 g/mol. The smallest absolute Gasteiger partial charge is 0.393 e. The number of alkyl halides is 3. The summed E-state index contributed by atoms with van der Waals surface area (Å²) in [6.07, 6.45) is -5.07. The molecule has 1 aromatic rings. The summed E-state index contributed by atoms with van der Waals surface area (Å²) in [4.78, 5) is 10.5. The van der Waals surface area contributed by atoms with Gasteiger partial charge in [0.15, 0.2) is 0 Å². The van der Waals surface area contributed by atoms with E-state index in [4.69, 9.17) is 5.11 Å². The molecule has 0 fully saturated rings. The van der Waals surface area contributed by atoms with Gasteiger partial charge in [-0.3, -0.25) is 0 Å². The molecular weight excluding hydrogens is 233 g/mol. The van der Waals surface area contributed by atoms with E-state index in [1.165, 1.54) is 6.07 Å². The first-order valence-electron chi connectivity index (χ1n) is 4.86. The third-order valence-electron chi connectivity index (χ3n) is 2.18. The van der Waals surface area contributed by atoms with E-state index < -0.39 is 18.6 Å². The molecule has 1 rings (SSSR count). The maximum atomic E-state index is 12.3. The van der Waals surface area contributed by atoms with E-state index in [-0.39, 0.29) is 5.57 Å². The Labute approximate surface area is 96.4 Å². The predicted molar refractivity (Wildman–Crippen MR) is 57.5 cm³/mol. The molecule has 0 spiro atoms. The highest BCUT2D eigenvalue weighted by atomic mass is 19.4. The largest absolute Gasteiger partial charge is 0.478 e. The number of hydrogen-bond acceptors (Lipinski definition) is 1. The third-order valence-corrected chi connectivity index (χ3v) is 2.18. The van der Waals surface area contributed by atoms with Gasteiger partial charge in [0.2, 0.25) is 0 Å². The van der Waals surface area contributed by atoms with Gasteiger partial charge >= 0.3 is 12.1 Å². The zero-order valence-corrected chi connectivity index (χ0v) is 9.08. The maximum Gasteiger partial charge on any atom is 0.393 e. The van der Waals surface area contributed by atoms with Crippen LogP contribution in [0, 0.1) is 6.92 Å². The number of hydrogen-bond donors (Lipinski definition) is 1. The molecule has 0 unspecified atom stereocenters. The third kappa shape index (κ3) is 4.30. The first-order valence-corrected chi connectivity index (χ1v) is 4.86. The summed E-state index contributed by atoms with van der Waals surface area (Å²) < 4.78 is 37.0. The lowest BCUT2D eigenvalue weighted by molar-refractivity contribution is -0.131. The Hall–Kier alpha value is -1.78. The number of rotatable bonds is 3. The van der Waals surface area contributed by atoms with Crippen LogP contribution in [-0.4, -0.2) is 17.3 Å². The van der Waals surface area contributed by atoms with Gasteiger partial charge in [-0.05, 0) is 23.6 Å². The van der Waals surface area contributed by atoms with Gasteiger partial charge < -0.3 is 5.11 Å². The number of carboxylic acid groups (broad SMARTS) is 1. The molecule has 0 aliphatic carbocycles. The average Bonchev–Trinajstić information content (AvgIpc) is 2.14. The van der Waals surface area contributed by atoms with Gasteiger partial charge in [-0.15, -0.1) is 0 Å². The second kappa shape index (κ2) is 5.03. The molecule has 0 saturated heterocycles. The summed E-state index contributed by atoms with van der Waals surface area (Å²) in [5.74, 6) is -1.38. The standard InChI is InChI=1S/C12H11F3O2/c1-8-4-2-3-5-10(8)9(6-11(16)17)7-12(13,14)15/h2-6H,7H2,1H3,(H,16,17)/b9-6+. The second-order valence-corrected chi connectivity index (χ2v) is 3.61. The van der Waals surface area contributed by atoms with E-state index in [2.05, 4.69) is 0 Å². The van der Waals surface area contributed by atoms with Crippen molar-refractivity contribution < 1.29 is 23.1 Å². The van der Waals surface area contributed by atoms with Gasteiger partial charge in [-0.1, -0.05) is 24.3 Å². The molecule has 0 bridgehead atoms. The summed E-state index contributed by atoms with van der Waals surface area (Å²) in [6.45, 7) is 1.64. The molecular formula is C12H11F3O2. The Morgan fingerprint density at radius 3 is 2.41 bits per heavy atom. The molecule has 0 aromatic heterocycles. The minimum absolute atomic E-state index is 0.233.